The Morgan fingerprint density at radius 1 is 1.12 bits per heavy atom. The summed E-state index contributed by atoms with van der Waals surface area (Å²) in [5.41, 5.74) is 4.95. The zero-order valence-electron chi connectivity index (χ0n) is 17.1. The summed E-state index contributed by atoms with van der Waals surface area (Å²) in [4.78, 5) is 26.7. The number of ether oxygens (including phenoxy) is 2. The molecule has 0 bridgehead atoms. The first kappa shape index (κ1) is 22.1. The Labute approximate surface area is 153 Å². The van der Waals surface area contributed by atoms with Crippen LogP contribution in [0.4, 0.5) is 0 Å². The standard InChI is InChI=1S/C18H36N2O4Si/c1-17(2,3)23-15(21)13(19)9-10-20-12-25(7,8)11-14(20)16(22)24-18(4,5)6/h13-14H,9-12,19H2,1-8H3/t13-,14?/m0/s1. The van der Waals surface area contributed by atoms with Gasteiger partial charge in [0.1, 0.15) is 23.3 Å². The molecule has 146 valence electrons. The molecule has 1 rings (SSSR count). The van der Waals surface area contributed by atoms with Crippen molar-refractivity contribution in [3.05, 3.63) is 0 Å². The van der Waals surface area contributed by atoms with E-state index >= 15 is 0 Å². The summed E-state index contributed by atoms with van der Waals surface area (Å²) in [5, 5.41) is 0. The van der Waals surface area contributed by atoms with Gasteiger partial charge in [0.15, 0.2) is 0 Å². The summed E-state index contributed by atoms with van der Waals surface area (Å²) in [6.07, 6.45) is 1.39. The third kappa shape index (κ3) is 7.88. The van der Waals surface area contributed by atoms with E-state index in [4.69, 9.17) is 15.2 Å². The minimum absolute atomic E-state index is 0.170. The fraction of sp³-hybridized carbons (Fsp3) is 0.889. The van der Waals surface area contributed by atoms with Crippen LogP contribution in [0, 0.1) is 0 Å². The Kier molecular flexibility index (Phi) is 6.86. The Hall–Kier alpha value is -0.923. The summed E-state index contributed by atoms with van der Waals surface area (Å²) in [5.74, 6) is -0.562. The topological polar surface area (TPSA) is 81.9 Å². The molecule has 0 aromatic carbocycles. The Morgan fingerprint density at radius 3 is 2.12 bits per heavy atom. The lowest BCUT2D eigenvalue weighted by Crippen LogP contribution is -2.44. The molecule has 0 aliphatic carbocycles. The predicted molar refractivity (Wildman–Crippen MR) is 102 cm³/mol. The number of hydrogen-bond acceptors (Lipinski definition) is 6. The maximum atomic E-state index is 12.6. The van der Waals surface area contributed by atoms with Crippen molar-refractivity contribution in [1.29, 1.82) is 0 Å². The van der Waals surface area contributed by atoms with E-state index in [0.29, 0.717) is 13.0 Å². The van der Waals surface area contributed by atoms with Gasteiger partial charge in [-0.25, -0.2) is 0 Å². The smallest absolute Gasteiger partial charge is 0.323 e. The van der Waals surface area contributed by atoms with Gasteiger partial charge in [0.05, 0.1) is 8.07 Å². The van der Waals surface area contributed by atoms with Crippen molar-refractivity contribution in [2.75, 3.05) is 12.7 Å². The van der Waals surface area contributed by atoms with Crippen LogP contribution in [0.2, 0.25) is 19.1 Å². The monoisotopic (exact) mass is 372 g/mol. The van der Waals surface area contributed by atoms with Crippen LogP contribution in [-0.2, 0) is 19.1 Å². The van der Waals surface area contributed by atoms with Gasteiger partial charge in [-0.2, -0.15) is 0 Å². The number of rotatable bonds is 5. The van der Waals surface area contributed by atoms with Crippen molar-refractivity contribution in [3.63, 3.8) is 0 Å². The first-order valence-corrected chi connectivity index (χ1v) is 12.5. The summed E-state index contributed by atoms with van der Waals surface area (Å²) in [7, 11) is -1.47. The predicted octanol–water partition coefficient (Wildman–Crippen LogP) is 2.32. The van der Waals surface area contributed by atoms with Crippen LogP contribution in [0.3, 0.4) is 0 Å². The second-order valence-electron chi connectivity index (χ2n) is 9.82. The van der Waals surface area contributed by atoms with E-state index in [1.165, 1.54) is 0 Å². The number of nitrogens with two attached hydrogens (primary N) is 1. The molecule has 7 heteroatoms. The first-order valence-electron chi connectivity index (χ1n) is 9.05. The molecule has 1 aliphatic rings. The van der Waals surface area contributed by atoms with Gasteiger partial charge in [-0.1, -0.05) is 13.1 Å². The van der Waals surface area contributed by atoms with E-state index in [1.54, 1.807) is 0 Å². The Bertz CT molecular complexity index is 494. The van der Waals surface area contributed by atoms with Gasteiger partial charge in [-0.3, -0.25) is 14.5 Å². The zero-order chi connectivity index (χ0) is 19.6. The average molecular weight is 373 g/mol. The number of carbonyl (C=O) groups is 2. The minimum atomic E-state index is -1.47. The molecular weight excluding hydrogens is 336 g/mol. The summed E-state index contributed by atoms with van der Waals surface area (Å²) in [6.45, 7) is 16.3. The van der Waals surface area contributed by atoms with Crippen LogP contribution in [0.5, 0.6) is 0 Å². The molecule has 2 atom stereocenters. The highest BCUT2D eigenvalue weighted by Crippen LogP contribution is 2.29. The number of hydrogen-bond donors (Lipinski definition) is 1. The second kappa shape index (κ2) is 7.76. The van der Waals surface area contributed by atoms with Gasteiger partial charge in [-0.15, -0.1) is 0 Å². The van der Waals surface area contributed by atoms with E-state index in [2.05, 4.69) is 18.0 Å². The SMILES string of the molecule is CC(C)(C)OC(=O)C1C[Si](C)(C)CN1CC[C@H](N)C(=O)OC(C)(C)C. The summed E-state index contributed by atoms with van der Waals surface area (Å²) >= 11 is 0. The molecule has 0 amide bonds. The lowest BCUT2D eigenvalue weighted by atomic mass is 10.1. The molecule has 25 heavy (non-hydrogen) atoms. The normalized spacial score (nSPS) is 22.5. The summed E-state index contributed by atoms with van der Waals surface area (Å²) in [6, 6.07) is -0.0283. The quantitative estimate of drug-likeness (QED) is 0.589. The maximum absolute atomic E-state index is 12.6. The highest BCUT2D eigenvalue weighted by Gasteiger charge is 2.44. The van der Waals surface area contributed by atoms with E-state index < -0.39 is 31.3 Å². The van der Waals surface area contributed by atoms with Crippen molar-refractivity contribution in [2.45, 2.75) is 90.4 Å². The van der Waals surface area contributed by atoms with Gasteiger partial charge in [0.2, 0.25) is 0 Å². The van der Waals surface area contributed by atoms with Crippen molar-refractivity contribution >= 4 is 20.0 Å². The molecule has 1 saturated heterocycles. The van der Waals surface area contributed by atoms with E-state index in [-0.39, 0.29) is 12.0 Å². The van der Waals surface area contributed by atoms with Gasteiger partial charge >= 0.3 is 11.9 Å². The van der Waals surface area contributed by atoms with Crippen LogP contribution >= 0.6 is 0 Å². The number of nitrogens with zero attached hydrogens (tertiary/aromatic N) is 1. The molecule has 0 radical (unpaired) electrons. The van der Waals surface area contributed by atoms with Gasteiger partial charge in [-0.05, 0) is 60.2 Å². The lowest BCUT2D eigenvalue weighted by Gasteiger charge is -2.28. The summed E-state index contributed by atoms with van der Waals surface area (Å²) < 4.78 is 10.9. The van der Waals surface area contributed by atoms with Crippen molar-refractivity contribution in [3.8, 4) is 0 Å². The van der Waals surface area contributed by atoms with Gasteiger partial charge in [0.25, 0.3) is 0 Å². The molecule has 1 unspecified atom stereocenters. The van der Waals surface area contributed by atoms with Crippen molar-refractivity contribution < 1.29 is 19.1 Å². The number of carbonyl (C=O) groups excluding carboxylic acids is 2. The second-order valence-corrected chi connectivity index (χ2v) is 14.9. The lowest BCUT2D eigenvalue weighted by molar-refractivity contribution is -0.159. The fourth-order valence-corrected chi connectivity index (χ4v) is 6.09. The van der Waals surface area contributed by atoms with Crippen LogP contribution < -0.4 is 5.73 Å². The molecule has 1 fully saturated rings. The molecule has 0 aromatic rings. The van der Waals surface area contributed by atoms with E-state index in [9.17, 15) is 9.59 Å². The number of esters is 2. The Morgan fingerprint density at radius 2 is 1.64 bits per heavy atom. The first-order chi connectivity index (χ1) is 11.1. The zero-order valence-corrected chi connectivity index (χ0v) is 18.1. The van der Waals surface area contributed by atoms with Crippen LogP contribution in [-0.4, -0.2) is 60.9 Å². The highest BCUT2D eigenvalue weighted by molar-refractivity contribution is 6.78. The molecular formula is C18H36N2O4Si. The maximum Gasteiger partial charge on any atom is 0.323 e. The Balaban J connectivity index is 2.68. The third-order valence-electron chi connectivity index (χ3n) is 3.93. The molecule has 2 N–H and O–H groups in total. The molecule has 0 spiro atoms. The molecule has 1 aliphatic heterocycles. The van der Waals surface area contributed by atoms with Crippen molar-refractivity contribution in [2.24, 2.45) is 5.73 Å². The third-order valence-corrected chi connectivity index (χ3v) is 6.69. The van der Waals surface area contributed by atoms with Crippen LogP contribution in [0.25, 0.3) is 0 Å². The van der Waals surface area contributed by atoms with E-state index in [0.717, 1.165) is 12.2 Å². The van der Waals surface area contributed by atoms with Gasteiger partial charge in [0, 0.05) is 6.54 Å². The molecule has 0 aromatic heterocycles. The molecule has 0 saturated carbocycles. The highest BCUT2D eigenvalue weighted by atomic mass is 28.3. The van der Waals surface area contributed by atoms with Crippen LogP contribution in [0.15, 0.2) is 0 Å². The largest absolute Gasteiger partial charge is 0.459 e. The van der Waals surface area contributed by atoms with E-state index in [1.807, 2.05) is 41.5 Å². The molecule has 1 heterocycles. The minimum Gasteiger partial charge on any atom is -0.459 e. The average Bonchev–Trinajstić information content (AvgIpc) is 2.67. The van der Waals surface area contributed by atoms with Crippen molar-refractivity contribution in [1.82, 2.24) is 4.90 Å². The molecule has 6 nitrogen and oxygen atoms in total. The van der Waals surface area contributed by atoms with Gasteiger partial charge < -0.3 is 15.2 Å². The fourth-order valence-electron chi connectivity index (χ4n) is 3.01. The van der Waals surface area contributed by atoms with Crippen LogP contribution in [0.1, 0.15) is 48.0 Å².